The standard InChI is InChI=1S/C13H17NO3/c1-14-6-4-5-10-7-13(17-3)11(9-15)8-12(10)16-2/h4-5,7-9,14H,6H2,1-3H3. The summed E-state index contributed by atoms with van der Waals surface area (Å²) in [6, 6.07) is 3.46. The summed E-state index contributed by atoms with van der Waals surface area (Å²) in [6.45, 7) is 0.765. The first-order valence-electron chi connectivity index (χ1n) is 5.29. The van der Waals surface area contributed by atoms with E-state index in [2.05, 4.69) is 5.32 Å². The van der Waals surface area contributed by atoms with Crippen LogP contribution < -0.4 is 14.8 Å². The number of benzene rings is 1. The molecule has 17 heavy (non-hydrogen) atoms. The Morgan fingerprint density at radius 3 is 2.29 bits per heavy atom. The molecule has 0 atom stereocenters. The third-order valence-electron chi connectivity index (χ3n) is 2.33. The van der Waals surface area contributed by atoms with Crippen LogP contribution in [0.1, 0.15) is 15.9 Å². The summed E-state index contributed by atoms with van der Waals surface area (Å²) in [7, 11) is 4.99. The highest BCUT2D eigenvalue weighted by atomic mass is 16.5. The second-order valence-corrected chi connectivity index (χ2v) is 3.41. The quantitative estimate of drug-likeness (QED) is 0.763. The fraction of sp³-hybridized carbons (Fsp3) is 0.308. The van der Waals surface area contributed by atoms with Crippen molar-refractivity contribution in [3.63, 3.8) is 0 Å². The van der Waals surface area contributed by atoms with Gasteiger partial charge in [-0.2, -0.15) is 0 Å². The van der Waals surface area contributed by atoms with Gasteiger partial charge in [-0.15, -0.1) is 0 Å². The predicted molar refractivity (Wildman–Crippen MR) is 67.9 cm³/mol. The zero-order valence-electron chi connectivity index (χ0n) is 10.3. The molecule has 1 aromatic rings. The zero-order chi connectivity index (χ0) is 12.7. The van der Waals surface area contributed by atoms with Gasteiger partial charge in [0.15, 0.2) is 6.29 Å². The minimum absolute atomic E-state index is 0.482. The molecule has 4 heteroatoms. The molecule has 1 rings (SSSR count). The van der Waals surface area contributed by atoms with Gasteiger partial charge in [-0.1, -0.05) is 12.2 Å². The molecule has 0 fully saturated rings. The van der Waals surface area contributed by atoms with E-state index in [4.69, 9.17) is 9.47 Å². The summed E-state index contributed by atoms with van der Waals surface area (Å²) >= 11 is 0. The van der Waals surface area contributed by atoms with Gasteiger partial charge in [-0.05, 0) is 19.2 Å². The van der Waals surface area contributed by atoms with Crippen LogP contribution in [0.15, 0.2) is 18.2 Å². The fourth-order valence-electron chi connectivity index (χ4n) is 1.47. The van der Waals surface area contributed by atoms with Gasteiger partial charge in [0, 0.05) is 12.1 Å². The summed E-state index contributed by atoms with van der Waals surface area (Å²) < 4.78 is 10.4. The number of carbonyl (C=O) groups excluding carboxylic acids is 1. The number of nitrogens with one attached hydrogen (secondary N) is 1. The van der Waals surface area contributed by atoms with Crippen molar-refractivity contribution in [2.24, 2.45) is 0 Å². The van der Waals surface area contributed by atoms with Crippen LogP contribution >= 0.6 is 0 Å². The molecule has 0 heterocycles. The lowest BCUT2D eigenvalue weighted by Gasteiger charge is -2.09. The van der Waals surface area contributed by atoms with E-state index in [1.54, 1.807) is 19.2 Å². The average molecular weight is 235 g/mol. The van der Waals surface area contributed by atoms with Gasteiger partial charge in [0.1, 0.15) is 11.5 Å². The van der Waals surface area contributed by atoms with Gasteiger partial charge < -0.3 is 14.8 Å². The summed E-state index contributed by atoms with van der Waals surface area (Å²) in [5.41, 5.74) is 1.36. The van der Waals surface area contributed by atoms with E-state index in [9.17, 15) is 4.79 Å². The van der Waals surface area contributed by atoms with Crippen LogP contribution in [0.4, 0.5) is 0 Å². The number of methoxy groups -OCH3 is 2. The number of likely N-dealkylation sites (N-methyl/N-ethyl adjacent to an activating group) is 1. The molecule has 0 saturated heterocycles. The Kier molecular flexibility index (Phi) is 5.23. The zero-order valence-corrected chi connectivity index (χ0v) is 10.3. The second kappa shape index (κ2) is 6.70. The average Bonchev–Trinajstić information content (AvgIpc) is 2.38. The smallest absolute Gasteiger partial charge is 0.153 e. The Balaban J connectivity index is 3.14. The molecule has 0 bridgehead atoms. The molecule has 0 unspecified atom stereocenters. The molecule has 0 amide bonds. The summed E-state index contributed by atoms with van der Waals surface area (Å²) in [4.78, 5) is 10.9. The third-order valence-corrected chi connectivity index (χ3v) is 2.33. The van der Waals surface area contributed by atoms with Gasteiger partial charge in [0.25, 0.3) is 0 Å². The number of hydrogen-bond donors (Lipinski definition) is 1. The Bertz CT molecular complexity index is 413. The number of ether oxygens (including phenoxy) is 2. The Hall–Kier alpha value is -1.81. The van der Waals surface area contributed by atoms with Crippen molar-refractivity contribution in [2.45, 2.75) is 0 Å². The normalized spacial score (nSPS) is 10.5. The maximum absolute atomic E-state index is 10.9. The fourth-order valence-corrected chi connectivity index (χ4v) is 1.47. The van der Waals surface area contributed by atoms with E-state index in [0.29, 0.717) is 17.1 Å². The highest BCUT2D eigenvalue weighted by molar-refractivity contribution is 5.82. The lowest BCUT2D eigenvalue weighted by atomic mass is 10.1. The minimum Gasteiger partial charge on any atom is -0.496 e. The topological polar surface area (TPSA) is 47.6 Å². The first kappa shape index (κ1) is 13.3. The van der Waals surface area contributed by atoms with E-state index in [1.165, 1.54) is 7.11 Å². The van der Waals surface area contributed by atoms with Crippen LogP contribution in [-0.2, 0) is 0 Å². The molecule has 0 saturated carbocycles. The molecule has 0 aliphatic rings. The lowest BCUT2D eigenvalue weighted by Crippen LogP contribution is -2.03. The molecule has 1 N–H and O–H groups in total. The van der Waals surface area contributed by atoms with Crippen molar-refractivity contribution in [3.8, 4) is 11.5 Å². The first-order chi connectivity index (χ1) is 8.26. The van der Waals surface area contributed by atoms with E-state index in [1.807, 2.05) is 19.2 Å². The summed E-state index contributed by atoms with van der Waals surface area (Å²) in [6.07, 6.45) is 4.65. The van der Waals surface area contributed by atoms with E-state index >= 15 is 0 Å². The van der Waals surface area contributed by atoms with Crippen LogP contribution in [0.3, 0.4) is 0 Å². The van der Waals surface area contributed by atoms with Gasteiger partial charge in [-0.25, -0.2) is 0 Å². The Morgan fingerprint density at radius 2 is 1.76 bits per heavy atom. The SMILES string of the molecule is CNCC=Cc1cc(OC)c(C=O)cc1OC. The predicted octanol–water partition coefficient (Wildman–Crippen LogP) is 1.75. The van der Waals surface area contributed by atoms with Crippen molar-refractivity contribution in [2.75, 3.05) is 27.8 Å². The number of carbonyl (C=O) groups is 1. The summed E-state index contributed by atoms with van der Waals surface area (Å²) in [5.74, 6) is 1.20. The highest BCUT2D eigenvalue weighted by Crippen LogP contribution is 2.28. The molecule has 0 spiro atoms. The Morgan fingerprint density at radius 1 is 1.18 bits per heavy atom. The number of rotatable bonds is 6. The van der Waals surface area contributed by atoms with Crippen LogP contribution in [0.2, 0.25) is 0 Å². The second-order valence-electron chi connectivity index (χ2n) is 3.41. The lowest BCUT2D eigenvalue weighted by molar-refractivity contribution is 0.112. The number of aldehydes is 1. The maximum atomic E-state index is 10.9. The summed E-state index contributed by atoms with van der Waals surface area (Å²) in [5, 5.41) is 3.01. The van der Waals surface area contributed by atoms with Crippen LogP contribution in [-0.4, -0.2) is 34.1 Å². The van der Waals surface area contributed by atoms with Crippen molar-refractivity contribution in [1.29, 1.82) is 0 Å². The molecular formula is C13H17NO3. The molecular weight excluding hydrogens is 218 g/mol. The van der Waals surface area contributed by atoms with Crippen molar-refractivity contribution < 1.29 is 14.3 Å². The first-order valence-corrected chi connectivity index (χ1v) is 5.29. The molecule has 0 aromatic heterocycles. The largest absolute Gasteiger partial charge is 0.496 e. The van der Waals surface area contributed by atoms with Crippen molar-refractivity contribution in [3.05, 3.63) is 29.3 Å². The monoisotopic (exact) mass is 235 g/mol. The van der Waals surface area contributed by atoms with E-state index < -0.39 is 0 Å². The maximum Gasteiger partial charge on any atom is 0.153 e. The Labute approximate surface area is 101 Å². The molecule has 0 aliphatic heterocycles. The van der Waals surface area contributed by atoms with E-state index in [0.717, 1.165) is 18.4 Å². The van der Waals surface area contributed by atoms with Gasteiger partial charge in [-0.3, -0.25) is 4.79 Å². The van der Waals surface area contributed by atoms with E-state index in [-0.39, 0.29) is 0 Å². The van der Waals surface area contributed by atoms with Crippen LogP contribution in [0.5, 0.6) is 11.5 Å². The molecule has 1 aromatic carbocycles. The molecule has 0 radical (unpaired) electrons. The van der Waals surface area contributed by atoms with Gasteiger partial charge in [0.05, 0.1) is 19.8 Å². The molecule has 92 valence electrons. The van der Waals surface area contributed by atoms with Gasteiger partial charge >= 0.3 is 0 Å². The highest BCUT2D eigenvalue weighted by Gasteiger charge is 2.08. The van der Waals surface area contributed by atoms with Crippen molar-refractivity contribution in [1.82, 2.24) is 5.32 Å². The molecule has 0 aliphatic carbocycles. The van der Waals surface area contributed by atoms with Crippen molar-refractivity contribution >= 4 is 12.4 Å². The number of hydrogen-bond acceptors (Lipinski definition) is 4. The van der Waals surface area contributed by atoms with Crippen LogP contribution in [0.25, 0.3) is 6.08 Å². The third kappa shape index (κ3) is 3.32. The minimum atomic E-state index is 0.482. The van der Waals surface area contributed by atoms with Crippen LogP contribution in [0, 0.1) is 0 Å². The molecule has 4 nitrogen and oxygen atoms in total. The van der Waals surface area contributed by atoms with Gasteiger partial charge in [0.2, 0.25) is 0 Å².